The number of alkyl halides is 9. The SMILES string of the molecule is FC(F)(F)c1nc2n(n1)CCNC2.O=C(O)c1cc(Cc2n[nH]c(=O)c3ccccc23)ccc1F.O=C(c1cc(Cc2n[nH]c(=O)c3ccccc23)ccc1F)N1CCn2nc(C(F)(F)F)nc2C1.O=C(c1cc(Cc2n[nH]c(=O)c3ccccc23)ccc1F)N1CCn2nc(C(F)(F)F)nc2C1. The van der Waals surface area contributed by atoms with Crippen LogP contribution in [0.4, 0.5) is 52.7 Å². The fraction of sp³-hybridized carbons (Fsp3) is 0.227. The Balaban J connectivity index is 0.000000136. The molecule has 3 aliphatic rings. The first kappa shape index (κ1) is 70.5. The van der Waals surface area contributed by atoms with Crippen LogP contribution in [0.5, 0.6) is 0 Å². The minimum Gasteiger partial charge on any atom is -0.478 e. The Morgan fingerprint density at radius 1 is 0.417 bits per heavy atom. The number of carbonyl (C=O) groups is 3. The van der Waals surface area contributed by atoms with Gasteiger partial charge < -0.3 is 20.2 Å². The van der Waals surface area contributed by atoms with Crippen LogP contribution >= 0.6 is 0 Å². The van der Waals surface area contributed by atoms with E-state index < -0.39 is 71.2 Å². The van der Waals surface area contributed by atoms with Gasteiger partial charge in [-0.2, -0.15) is 54.8 Å². The van der Waals surface area contributed by atoms with Crippen molar-refractivity contribution in [2.45, 2.75) is 77.1 Å². The van der Waals surface area contributed by atoms with Gasteiger partial charge in [0.15, 0.2) is 0 Å². The summed E-state index contributed by atoms with van der Waals surface area (Å²) >= 11 is 0. The number of nitrogens with zero attached hydrogens (tertiary/aromatic N) is 14. The number of aromatic nitrogens is 15. The van der Waals surface area contributed by atoms with Gasteiger partial charge in [0.2, 0.25) is 0 Å². The lowest BCUT2D eigenvalue weighted by molar-refractivity contribution is -0.145. The number of fused-ring (bicyclic) bond motifs is 6. The lowest BCUT2D eigenvalue weighted by Crippen LogP contribution is -2.39. The predicted molar refractivity (Wildman–Crippen MR) is 338 cm³/mol. The monoisotopic (exact) mass is 1430 g/mol. The quantitative estimate of drug-likeness (QED) is 0.0844. The Morgan fingerprint density at radius 3 is 1.08 bits per heavy atom. The van der Waals surface area contributed by atoms with Crippen LogP contribution in [0.15, 0.2) is 142 Å². The summed E-state index contributed by atoms with van der Waals surface area (Å²) in [4.78, 5) is 85.6. The summed E-state index contributed by atoms with van der Waals surface area (Å²) in [5.41, 5.74) is 1.69. The Kier molecular flexibility index (Phi) is 19.7. The molecule has 2 amide bonds. The largest absolute Gasteiger partial charge is 0.478 e. The minimum absolute atomic E-state index is 0.0126. The molecule has 0 aliphatic carbocycles. The number of aromatic carboxylic acids is 1. The van der Waals surface area contributed by atoms with E-state index in [9.17, 15) is 81.5 Å². The van der Waals surface area contributed by atoms with E-state index in [0.717, 1.165) is 27.6 Å². The summed E-state index contributed by atoms with van der Waals surface area (Å²) in [5, 5.41) is 45.0. The van der Waals surface area contributed by atoms with Gasteiger partial charge in [-0.1, -0.05) is 72.8 Å². The van der Waals surface area contributed by atoms with Crippen LogP contribution < -0.4 is 22.0 Å². The molecule has 6 aromatic carbocycles. The number of amides is 2. The van der Waals surface area contributed by atoms with E-state index in [0.29, 0.717) is 91.5 Å². The maximum absolute atomic E-state index is 14.6. The van der Waals surface area contributed by atoms with E-state index >= 15 is 0 Å². The van der Waals surface area contributed by atoms with Crippen molar-refractivity contribution in [1.29, 1.82) is 0 Å². The minimum atomic E-state index is -4.69. The average Bonchev–Trinajstić information content (AvgIpc) is 1.80. The Hall–Kier alpha value is -12.3. The van der Waals surface area contributed by atoms with Crippen molar-refractivity contribution in [2.75, 3.05) is 19.6 Å². The highest BCUT2D eigenvalue weighted by molar-refractivity contribution is 5.96. The zero-order valence-electron chi connectivity index (χ0n) is 52.8. The number of benzene rings is 6. The summed E-state index contributed by atoms with van der Waals surface area (Å²) in [6.45, 7) is 1.12. The van der Waals surface area contributed by atoms with Gasteiger partial charge in [0.25, 0.3) is 46.0 Å². The molecule has 25 nitrogen and oxygen atoms in total. The third-order valence-corrected chi connectivity index (χ3v) is 16.4. The summed E-state index contributed by atoms with van der Waals surface area (Å²) in [6, 6.07) is 32.8. The van der Waals surface area contributed by atoms with Crippen LogP contribution in [-0.4, -0.2) is 127 Å². The number of halogens is 12. The molecule has 12 aromatic rings. The highest BCUT2D eigenvalue weighted by atomic mass is 19.4. The zero-order chi connectivity index (χ0) is 73.2. The number of carbonyl (C=O) groups excluding carboxylic acids is 2. The van der Waals surface area contributed by atoms with Gasteiger partial charge in [-0.05, 0) is 71.3 Å². The molecule has 15 rings (SSSR count). The molecule has 0 radical (unpaired) electrons. The van der Waals surface area contributed by atoms with Crippen molar-refractivity contribution in [3.05, 3.63) is 261 Å². The molecule has 6 aromatic heterocycles. The Labute approximate surface area is 568 Å². The van der Waals surface area contributed by atoms with Crippen molar-refractivity contribution < 1.29 is 72.2 Å². The molecule has 0 unspecified atom stereocenters. The molecule has 5 N–H and O–H groups in total. The molecule has 0 saturated carbocycles. The van der Waals surface area contributed by atoms with Gasteiger partial charge in [0.1, 0.15) is 34.9 Å². The lowest BCUT2D eigenvalue weighted by Gasteiger charge is -2.27. The number of H-pyrrole nitrogens is 3. The van der Waals surface area contributed by atoms with Crippen molar-refractivity contribution >= 4 is 50.1 Å². The van der Waals surface area contributed by atoms with Gasteiger partial charge in [-0.25, -0.2) is 62.3 Å². The van der Waals surface area contributed by atoms with Crippen molar-refractivity contribution in [3.8, 4) is 0 Å². The van der Waals surface area contributed by atoms with Crippen LogP contribution in [0.2, 0.25) is 0 Å². The number of hydrogen-bond donors (Lipinski definition) is 5. The molecular formula is C66H50F12N18O7. The van der Waals surface area contributed by atoms with Crippen LogP contribution in [0, 0.1) is 17.5 Å². The molecule has 0 fully saturated rings. The number of hydrogen-bond acceptors (Lipinski definition) is 16. The van der Waals surface area contributed by atoms with Crippen molar-refractivity contribution in [3.63, 3.8) is 0 Å². The topological polar surface area (TPSA) is 319 Å². The van der Waals surface area contributed by atoms with Crippen LogP contribution in [0.1, 0.15) is 99.8 Å². The fourth-order valence-electron chi connectivity index (χ4n) is 11.4. The molecule has 9 heterocycles. The maximum Gasteiger partial charge on any atom is 0.453 e. The first-order chi connectivity index (χ1) is 49.0. The molecule has 103 heavy (non-hydrogen) atoms. The molecule has 37 heteroatoms. The number of rotatable bonds is 9. The first-order valence-electron chi connectivity index (χ1n) is 30.8. The normalized spacial score (nSPS) is 13.6. The highest BCUT2D eigenvalue weighted by Gasteiger charge is 2.41. The van der Waals surface area contributed by atoms with Gasteiger partial charge in [0.05, 0.1) is 89.2 Å². The smallest absolute Gasteiger partial charge is 0.453 e. The Bertz CT molecular complexity index is 5210. The third kappa shape index (κ3) is 15.7. The third-order valence-electron chi connectivity index (χ3n) is 16.4. The van der Waals surface area contributed by atoms with E-state index in [-0.39, 0.29) is 104 Å². The summed E-state index contributed by atoms with van der Waals surface area (Å²) in [5.74, 6) is -8.23. The molecule has 0 atom stereocenters. The second-order valence-corrected chi connectivity index (χ2v) is 23.3. The summed E-state index contributed by atoms with van der Waals surface area (Å²) in [6.07, 6.45) is -13.1. The summed E-state index contributed by atoms with van der Waals surface area (Å²) < 4.78 is 160. The molecule has 3 aliphatic heterocycles. The first-order valence-corrected chi connectivity index (χ1v) is 30.8. The van der Waals surface area contributed by atoms with Crippen LogP contribution in [-0.2, 0) is 77.1 Å². The van der Waals surface area contributed by atoms with Crippen LogP contribution in [0.25, 0.3) is 32.3 Å². The zero-order valence-corrected chi connectivity index (χ0v) is 52.8. The number of aromatic amines is 3. The second-order valence-electron chi connectivity index (χ2n) is 23.3. The second kappa shape index (κ2) is 28.7. The van der Waals surface area contributed by atoms with Crippen molar-refractivity contribution in [2.24, 2.45) is 0 Å². The van der Waals surface area contributed by atoms with Crippen LogP contribution in [0.3, 0.4) is 0 Å². The van der Waals surface area contributed by atoms with Crippen molar-refractivity contribution in [1.82, 2.24) is 90.0 Å². The molecule has 0 bridgehead atoms. The predicted octanol–water partition coefficient (Wildman–Crippen LogP) is 8.59. The molecule has 0 saturated heterocycles. The molecule has 0 spiro atoms. The van der Waals surface area contributed by atoms with E-state index in [1.807, 2.05) is 0 Å². The van der Waals surface area contributed by atoms with Gasteiger partial charge in [-0.15, -0.1) is 15.3 Å². The molecular weight excluding hydrogens is 1380 g/mol. The number of nitrogens with one attached hydrogen (secondary N) is 4. The van der Waals surface area contributed by atoms with Gasteiger partial charge in [0, 0.05) is 55.1 Å². The average molecular weight is 1440 g/mol. The maximum atomic E-state index is 14.6. The lowest BCUT2D eigenvalue weighted by atomic mass is 10.0. The molecule has 530 valence electrons. The fourth-order valence-corrected chi connectivity index (χ4v) is 11.4. The number of carboxylic acid groups (broad SMARTS) is 1. The van der Waals surface area contributed by atoms with Gasteiger partial charge in [-0.3, -0.25) is 24.0 Å². The highest BCUT2D eigenvalue weighted by Crippen LogP contribution is 2.31. The summed E-state index contributed by atoms with van der Waals surface area (Å²) in [7, 11) is 0. The van der Waals surface area contributed by atoms with E-state index in [4.69, 9.17) is 5.11 Å². The standard InChI is InChI=1S/2C22H16F4N6O2.C16H11FN2O3.C6H7F3N4/c2*23-16-6-5-12(10-17-13-3-1-2-4-14(13)19(33)29-28-17)9-15(16)20(34)31-7-8-32-18(11-31)27-21(30-32)22(24,25)26;17-13-6-5-9(7-12(13)16(21)22)8-14-10-3-1-2-4-11(10)15(20)19-18-14;7-6(8,9)5-11-4-3-10-1-2-13(4)12-5/h2*1-6,9H,7-8,10-11H2,(H,29,33);1-7H,8H2,(H,19,20)(H,21,22);10H,1-3H2. The number of carboxylic acids is 1. The van der Waals surface area contributed by atoms with E-state index in [1.54, 1.807) is 72.8 Å². The Morgan fingerprint density at radius 2 is 0.738 bits per heavy atom. The van der Waals surface area contributed by atoms with E-state index in [2.05, 4.69) is 66.2 Å². The van der Waals surface area contributed by atoms with E-state index in [1.165, 1.54) is 50.9 Å². The van der Waals surface area contributed by atoms with Gasteiger partial charge >= 0.3 is 24.5 Å².